The molecule has 0 atom stereocenters. The summed E-state index contributed by atoms with van der Waals surface area (Å²) in [4.78, 5) is 23.7. The average molecular weight is 363 g/mol. The number of aryl methyl sites for hydroxylation is 1. The molecule has 2 rings (SSSR count). The van der Waals surface area contributed by atoms with Crippen molar-refractivity contribution >= 4 is 41.1 Å². The van der Waals surface area contributed by atoms with Crippen molar-refractivity contribution < 1.29 is 9.59 Å². The molecule has 0 radical (unpaired) electrons. The highest BCUT2D eigenvalue weighted by Gasteiger charge is 2.11. The van der Waals surface area contributed by atoms with Crippen LogP contribution in [0, 0.1) is 0 Å². The molecule has 0 aliphatic carbocycles. The first-order chi connectivity index (χ1) is 11.5. The second-order valence-electron chi connectivity index (χ2n) is 5.00. The fraction of sp³-hybridized carbons (Fsp3) is 0.111. The summed E-state index contributed by atoms with van der Waals surface area (Å²) in [5, 5.41) is 0.629. The van der Waals surface area contributed by atoms with Gasteiger partial charge in [0, 0.05) is 11.1 Å². The van der Waals surface area contributed by atoms with Crippen LogP contribution in [0.2, 0.25) is 10.0 Å². The Kier molecular flexibility index (Phi) is 6.41. The van der Waals surface area contributed by atoms with Crippen LogP contribution in [0.5, 0.6) is 0 Å². The van der Waals surface area contributed by atoms with Crippen molar-refractivity contribution in [3.63, 3.8) is 0 Å². The van der Waals surface area contributed by atoms with Gasteiger partial charge in [-0.15, -0.1) is 0 Å². The van der Waals surface area contributed by atoms with Crippen molar-refractivity contribution in [1.29, 1.82) is 0 Å². The van der Waals surface area contributed by atoms with Gasteiger partial charge in [0.15, 0.2) is 0 Å². The lowest BCUT2D eigenvalue weighted by atomic mass is 10.1. The molecule has 0 fully saturated rings. The van der Waals surface area contributed by atoms with Crippen LogP contribution < -0.4 is 10.9 Å². The third kappa shape index (κ3) is 5.11. The number of hydrogen-bond acceptors (Lipinski definition) is 2. The van der Waals surface area contributed by atoms with Gasteiger partial charge in [0.2, 0.25) is 0 Å². The van der Waals surface area contributed by atoms with E-state index in [0.717, 1.165) is 12.0 Å². The average Bonchev–Trinajstić information content (AvgIpc) is 2.60. The van der Waals surface area contributed by atoms with Crippen molar-refractivity contribution in [2.75, 3.05) is 0 Å². The van der Waals surface area contributed by atoms with Crippen LogP contribution in [0.25, 0.3) is 6.08 Å². The van der Waals surface area contributed by atoms with Gasteiger partial charge in [0.05, 0.1) is 10.6 Å². The van der Waals surface area contributed by atoms with Gasteiger partial charge < -0.3 is 0 Å². The Morgan fingerprint density at radius 1 is 1.04 bits per heavy atom. The largest absolute Gasteiger partial charge is 0.271 e. The SMILES string of the molecule is CCc1ccc(/C=C/C(=O)NNC(=O)c2cc(Cl)ccc2Cl)cc1. The smallest absolute Gasteiger partial charge is 0.268 e. The molecule has 0 bridgehead atoms. The fourth-order valence-electron chi connectivity index (χ4n) is 1.94. The summed E-state index contributed by atoms with van der Waals surface area (Å²) in [6, 6.07) is 12.4. The van der Waals surface area contributed by atoms with Gasteiger partial charge in [-0.05, 0) is 41.8 Å². The Morgan fingerprint density at radius 3 is 2.42 bits per heavy atom. The van der Waals surface area contributed by atoms with E-state index in [4.69, 9.17) is 23.2 Å². The van der Waals surface area contributed by atoms with Crippen molar-refractivity contribution in [2.45, 2.75) is 13.3 Å². The van der Waals surface area contributed by atoms with Crippen molar-refractivity contribution in [1.82, 2.24) is 10.9 Å². The number of halogens is 2. The maximum absolute atomic E-state index is 12.0. The van der Waals surface area contributed by atoms with Crippen LogP contribution in [0.3, 0.4) is 0 Å². The van der Waals surface area contributed by atoms with Gasteiger partial charge in [0.25, 0.3) is 11.8 Å². The second-order valence-corrected chi connectivity index (χ2v) is 5.84. The zero-order valence-corrected chi connectivity index (χ0v) is 14.5. The van der Waals surface area contributed by atoms with E-state index in [1.807, 2.05) is 24.3 Å². The van der Waals surface area contributed by atoms with Crippen LogP contribution in [0.1, 0.15) is 28.4 Å². The van der Waals surface area contributed by atoms with E-state index >= 15 is 0 Å². The van der Waals surface area contributed by atoms with Crippen LogP contribution in [0.15, 0.2) is 48.5 Å². The zero-order valence-electron chi connectivity index (χ0n) is 13.0. The molecule has 4 nitrogen and oxygen atoms in total. The topological polar surface area (TPSA) is 58.2 Å². The second kappa shape index (κ2) is 8.52. The third-order valence-corrected chi connectivity index (χ3v) is 3.85. The van der Waals surface area contributed by atoms with E-state index in [1.165, 1.54) is 23.8 Å². The molecule has 6 heteroatoms. The molecule has 0 saturated heterocycles. The maximum Gasteiger partial charge on any atom is 0.271 e. The molecular weight excluding hydrogens is 347 g/mol. The lowest BCUT2D eigenvalue weighted by Gasteiger charge is -2.07. The van der Waals surface area contributed by atoms with E-state index < -0.39 is 11.8 Å². The number of carbonyl (C=O) groups is 2. The predicted octanol–water partition coefficient (Wildman–Crippen LogP) is 4.03. The first-order valence-electron chi connectivity index (χ1n) is 7.32. The normalized spacial score (nSPS) is 10.6. The molecule has 2 aromatic carbocycles. The molecule has 0 aliphatic rings. The van der Waals surface area contributed by atoms with Crippen LogP contribution >= 0.6 is 23.2 Å². The number of rotatable bonds is 4. The van der Waals surface area contributed by atoms with Gasteiger partial charge in [0.1, 0.15) is 0 Å². The van der Waals surface area contributed by atoms with Gasteiger partial charge in [-0.25, -0.2) is 0 Å². The summed E-state index contributed by atoms with van der Waals surface area (Å²) >= 11 is 11.8. The highest BCUT2D eigenvalue weighted by Crippen LogP contribution is 2.20. The van der Waals surface area contributed by atoms with Crippen LogP contribution in [0.4, 0.5) is 0 Å². The molecule has 2 aromatic rings. The molecule has 0 aromatic heterocycles. The quantitative estimate of drug-likeness (QED) is 0.637. The van der Waals surface area contributed by atoms with Crippen LogP contribution in [-0.2, 0) is 11.2 Å². The van der Waals surface area contributed by atoms with Crippen LogP contribution in [-0.4, -0.2) is 11.8 Å². The minimum atomic E-state index is -0.545. The minimum absolute atomic E-state index is 0.184. The lowest BCUT2D eigenvalue weighted by Crippen LogP contribution is -2.40. The summed E-state index contributed by atoms with van der Waals surface area (Å²) in [6.07, 6.45) is 3.96. The summed E-state index contributed by atoms with van der Waals surface area (Å²) in [6.45, 7) is 2.08. The van der Waals surface area contributed by atoms with E-state index in [0.29, 0.717) is 5.02 Å². The Balaban J connectivity index is 1.91. The Morgan fingerprint density at radius 2 is 1.75 bits per heavy atom. The van der Waals surface area contributed by atoms with E-state index in [-0.39, 0.29) is 10.6 Å². The molecule has 124 valence electrons. The summed E-state index contributed by atoms with van der Waals surface area (Å²) in [7, 11) is 0. The number of benzene rings is 2. The maximum atomic E-state index is 12.0. The van der Waals surface area contributed by atoms with E-state index in [9.17, 15) is 9.59 Å². The first-order valence-corrected chi connectivity index (χ1v) is 8.07. The number of carbonyl (C=O) groups excluding carboxylic acids is 2. The molecule has 0 spiro atoms. The third-order valence-electron chi connectivity index (χ3n) is 3.29. The zero-order chi connectivity index (χ0) is 17.5. The summed E-state index contributed by atoms with van der Waals surface area (Å²) in [5.74, 6) is -1.00. The highest BCUT2D eigenvalue weighted by molar-refractivity contribution is 6.35. The molecule has 2 amide bonds. The number of amides is 2. The predicted molar refractivity (Wildman–Crippen MR) is 96.9 cm³/mol. The van der Waals surface area contributed by atoms with Gasteiger partial charge in [-0.1, -0.05) is 54.4 Å². The standard InChI is InChI=1S/C18H16Cl2N2O2/c1-2-12-3-5-13(6-4-12)7-10-17(23)21-22-18(24)15-11-14(19)8-9-16(15)20/h3-11H,2H2,1H3,(H,21,23)(H,22,24)/b10-7+. The molecule has 0 saturated carbocycles. The lowest BCUT2D eigenvalue weighted by molar-refractivity contribution is -0.117. The number of nitrogens with one attached hydrogen (secondary N) is 2. The van der Waals surface area contributed by atoms with E-state index in [2.05, 4.69) is 17.8 Å². The first kappa shape index (κ1) is 18.0. The minimum Gasteiger partial charge on any atom is -0.268 e. The Bertz CT molecular complexity index is 771. The molecule has 2 N–H and O–H groups in total. The molecule has 0 unspecified atom stereocenters. The number of hydrazine groups is 1. The summed E-state index contributed by atoms with van der Waals surface area (Å²) in [5.41, 5.74) is 6.89. The molecule has 24 heavy (non-hydrogen) atoms. The van der Waals surface area contributed by atoms with E-state index in [1.54, 1.807) is 12.1 Å². The number of hydrogen-bond donors (Lipinski definition) is 2. The van der Waals surface area contributed by atoms with Gasteiger partial charge in [-0.3, -0.25) is 20.4 Å². The van der Waals surface area contributed by atoms with Gasteiger partial charge in [-0.2, -0.15) is 0 Å². The summed E-state index contributed by atoms with van der Waals surface area (Å²) < 4.78 is 0. The van der Waals surface area contributed by atoms with Crippen molar-refractivity contribution in [3.8, 4) is 0 Å². The molecule has 0 heterocycles. The fourth-order valence-corrected chi connectivity index (χ4v) is 2.31. The Hall–Kier alpha value is -2.30. The molecule has 0 aliphatic heterocycles. The van der Waals surface area contributed by atoms with Crippen molar-refractivity contribution in [3.05, 3.63) is 75.3 Å². The highest BCUT2D eigenvalue weighted by atomic mass is 35.5. The van der Waals surface area contributed by atoms with Crippen molar-refractivity contribution in [2.24, 2.45) is 0 Å². The monoisotopic (exact) mass is 362 g/mol. The molecular formula is C18H16Cl2N2O2. The van der Waals surface area contributed by atoms with Gasteiger partial charge >= 0.3 is 0 Å². The Labute approximate surface area is 150 Å².